The van der Waals surface area contributed by atoms with Crippen LogP contribution >= 0.6 is 22.9 Å². The Morgan fingerprint density at radius 2 is 2.00 bits per heavy atom. The van der Waals surface area contributed by atoms with Crippen LogP contribution in [-0.4, -0.2) is 32.1 Å². The van der Waals surface area contributed by atoms with Gasteiger partial charge in [0.2, 0.25) is 0 Å². The number of non-ortho nitro benzene ring substituents is 1. The van der Waals surface area contributed by atoms with Gasteiger partial charge < -0.3 is 0 Å². The zero-order chi connectivity index (χ0) is 23.0. The molecule has 0 saturated carbocycles. The number of anilines is 1. The molecular formula is C22H20ClN5O3S. The van der Waals surface area contributed by atoms with Crippen molar-refractivity contribution in [2.75, 3.05) is 11.4 Å². The smallest absolute Gasteiger partial charge is 0.270 e. The molecule has 164 valence electrons. The molecule has 10 heteroatoms. The molecule has 0 saturated heterocycles. The minimum Gasteiger partial charge on any atom is -0.282 e. The van der Waals surface area contributed by atoms with Gasteiger partial charge in [0.1, 0.15) is 0 Å². The van der Waals surface area contributed by atoms with Gasteiger partial charge in [0.05, 0.1) is 27.4 Å². The molecule has 0 unspecified atom stereocenters. The van der Waals surface area contributed by atoms with Crippen molar-refractivity contribution in [3.8, 4) is 0 Å². The summed E-state index contributed by atoms with van der Waals surface area (Å²) in [6.45, 7) is 6.54. The van der Waals surface area contributed by atoms with E-state index in [2.05, 4.69) is 5.10 Å². The quantitative estimate of drug-likeness (QED) is 0.281. The van der Waals surface area contributed by atoms with E-state index in [1.807, 2.05) is 43.7 Å². The van der Waals surface area contributed by atoms with Crippen LogP contribution in [-0.2, 0) is 6.54 Å². The number of halogens is 1. The van der Waals surface area contributed by atoms with Gasteiger partial charge in [-0.3, -0.25) is 24.5 Å². The summed E-state index contributed by atoms with van der Waals surface area (Å²) in [5.41, 5.74) is 3.65. The van der Waals surface area contributed by atoms with Gasteiger partial charge in [-0.05, 0) is 50.6 Å². The lowest BCUT2D eigenvalue weighted by molar-refractivity contribution is -0.384. The summed E-state index contributed by atoms with van der Waals surface area (Å²) in [6, 6.07) is 11.3. The molecule has 0 N–H and O–H groups in total. The standard InChI is InChI=1S/C22H20ClN5O3S/c1-13-9-17(23)12-19-20(13)24-22(32-19)26(7-8-27-15(3)10-14(2)25-27)21(29)16-5-4-6-18(11-16)28(30)31/h4-6,9-12H,7-8H2,1-3H3. The first-order valence-electron chi connectivity index (χ1n) is 9.87. The van der Waals surface area contributed by atoms with Crippen LogP contribution in [0, 0.1) is 30.9 Å². The van der Waals surface area contributed by atoms with E-state index in [1.165, 1.54) is 29.5 Å². The fourth-order valence-electron chi connectivity index (χ4n) is 3.55. The molecule has 2 aromatic carbocycles. The third-order valence-corrected chi connectivity index (χ3v) is 6.30. The molecule has 4 rings (SSSR count). The molecule has 0 spiro atoms. The van der Waals surface area contributed by atoms with Crippen LogP contribution in [0.25, 0.3) is 10.2 Å². The van der Waals surface area contributed by atoms with E-state index in [0.29, 0.717) is 23.2 Å². The van der Waals surface area contributed by atoms with Crippen molar-refractivity contribution in [3.63, 3.8) is 0 Å². The topological polar surface area (TPSA) is 94.2 Å². The highest BCUT2D eigenvalue weighted by molar-refractivity contribution is 7.22. The van der Waals surface area contributed by atoms with Gasteiger partial charge in [-0.2, -0.15) is 5.10 Å². The third-order valence-electron chi connectivity index (χ3n) is 5.06. The molecule has 4 aromatic rings. The Kier molecular flexibility index (Phi) is 5.94. The molecule has 0 bridgehead atoms. The highest BCUT2D eigenvalue weighted by atomic mass is 35.5. The lowest BCUT2D eigenvalue weighted by Gasteiger charge is -2.20. The summed E-state index contributed by atoms with van der Waals surface area (Å²) in [6.07, 6.45) is 0. The molecule has 2 aromatic heterocycles. The second-order valence-electron chi connectivity index (χ2n) is 7.48. The SMILES string of the molecule is Cc1cc(C)n(CCN(C(=O)c2cccc([N+](=O)[O-])c2)c2nc3c(C)cc(Cl)cc3s2)n1. The van der Waals surface area contributed by atoms with Crippen molar-refractivity contribution >= 4 is 49.9 Å². The first kappa shape index (κ1) is 21.9. The zero-order valence-electron chi connectivity index (χ0n) is 17.7. The summed E-state index contributed by atoms with van der Waals surface area (Å²) in [5, 5.41) is 16.8. The number of carbonyl (C=O) groups is 1. The normalized spacial score (nSPS) is 11.1. The summed E-state index contributed by atoms with van der Waals surface area (Å²) >= 11 is 7.56. The maximum absolute atomic E-state index is 13.5. The molecule has 32 heavy (non-hydrogen) atoms. The number of nitro groups is 1. The number of benzene rings is 2. The first-order valence-corrected chi connectivity index (χ1v) is 11.1. The number of thiazole rings is 1. The summed E-state index contributed by atoms with van der Waals surface area (Å²) in [5.74, 6) is -0.363. The number of hydrogen-bond acceptors (Lipinski definition) is 6. The van der Waals surface area contributed by atoms with Crippen LogP contribution in [0.15, 0.2) is 42.5 Å². The van der Waals surface area contributed by atoms with Gasteiger partial charge in [0, 0.05) is 35.0 Å². The molecule has 2 heterocycles. The molecule has 0 radical (unpaired) electrons. The highest BCUT2D eigenvalue weighted by Crippen LogP contribution is 2.34. The molecule has 8 nitrogen and oxygen atoms in total. The number of nitrogens with zero attached hydrogens (tertiary/aromatic N) is 5. The second-order valence-corrected chi connectivity index (χ2v) is 8.93. The predicted molar refractivity (Wildman–Crippen MR) is 126 cm³/mol. The highest BCUT2D eigenvalue weighted by Gasteiger charge is 2.24. The summed E-state index contributed by atoms with van der Waals surface area (Å²) in [7, 11) is 0. The predicted octanol–water partition coefficient (Wildman–Crippen LogP) is 5.33. The fraction of sp³-hybridized carbons (Fsp3) is 0.227. The minimum atomic E-state index is -0.514. The molecule has 0 aliphatic carbocycles. The van der Waals surface area contributed by atoms with E-state index in [4.69, 9.17) is 16.6 Å². The van der Waals surface area contributed by atoms with Gasteiger partial charge in [-0.1, -0.05) is 29.0 Å². The lowest BCUT2D eigenvalue weighted by Crippen LogP contribution is -2.34. The van der Waals surface area contributed by atoms with Crippen molar-refractivity contribution in [1.29, 1.82) is 0 Å². The van der Waals surface area contributed by atoms with Crippen LogP contribution in [0.3, 0.4) is 0 Å². The molecule has 0 aliphatic heterocycles. The van der Waals surface area contributed by atoms with Gasteiger partial charge in [-0.25, -0.2) is 4.98 Å². The van der Waals surface area contributed by atoms with Crippen molar-refractivity contribution < 1.29 is 9.72 Å². The maximum atomic E-state index is 13.5. The Morgan fingerprint density at radius 1 is 1.22 bits per heavy atom. The van der Waals surface area contributed by atoms with Crippen LogP contribution in [0.2, 0.25) is 5.02 Å². The molecule has 0 atom stereocenters. The molecular weight excluding hydrogens is 450 g/mol. The van der Waals surface area contributed by atoms with E-state index in [-0.39, 0.29) is 17.2 Å². The first-order chi connectivity index (χ1) is 15.2. The number of rotatable bonds is 6. The average Bonchev–Trinajstić information content (AvgIpc) is 3.30. The van der Waals surface area contributed by atoms with Crippen LogP contribution in [0.1, 0.15) is 27.3 Å². The number of aromatic nitrogens is 3. The Balaban J connectivity index is 1.75. The number of amides is 1. The lowest BCUT2D eigenvalue weighted by atomic mass is 10.2. The zero-order valence-corrected chi connectivity index (χ0v) is 19.3. The van der Waals surface area contributed by atoms with Crippen molar-refractivity contribution in [2.24, 2.45) is 0 Å². The Morgan fingerprint density at radius 3 is 2.69 bits per heavy atom. The summed E-state index contributed by atoms with van der Waals surface area (Å²) in [4.78, 5) is 30.4. The number of aryl methyl sites for hydroxylation is 3. The number of carbonyl (C=O) groups excluding carboxylic acids is 1. The van der Waals surface area contributed by atoms with Crippen molar-refractivity contribution in [1.82, 2.24) is 14.8 Å². The van der Waals surface area contributed by atoms with E-state index in [0.717, 1.165) is 27.2 Å². The van der Waals surface area contributed by atoms with E-state index in [9.17, 15) is 14.9 Å². The monoisotopic (exact) mass is 469 g/mol. The van der Waals surface area contributed by atoms with Gasteiger partial charge in [-0.15, -0.1) is 0 Å². The maximum Gasteiger partial charge on any atom is 0.270 e. The van der Waals surface area contributed by atoms with Crippen LogP contribution < -0.4 is 4.90 Å². The summed E-state index contributed by atoms with van der Waals surface area (Å²) < 4.78 is 2.70. The minimum absolute atomic E-state index is 0.138. The van der Waals surface area contributed by atoms with E-state index < -0.39 is 4.92 Å². The Labute approximate surface area is 193 Å². The average molecular weight is 470 g/mol. The number of nitro benzene ring substituents is 1. The number of hydrogen-bond donors (Lipinski definition) is 0. The van der Waals surface area contributed by atoms with E-state index >= 15 is 0 Å². The Bertz CT molecular complexity index is 1350. The van der Waals surface area contributed by atoms with E-state index in [1.54, 1.807) is 11.0 Å². The van der Waals surface area contributed by atoms with Gasteiger partial charge in [0.25, 0.3) is 11.6 Å². The van der Waals surface area contributed by atoms with Crippen molar-refractivity contribution in [3.05, 3.63) is 80.1 Å². The Hall–Kier alpha value is -3.30. The third kappa shape index (κ3) is 4.35. The van der Waals surface area contributed by atoms with Gasteiger partial charge >= 0.3 is 0 Å². The molecule has 1 amide bonds. The molecule has 0 fully saturated rings. The van der Waals surface area contributed by atoms with Crippen LogP contribution in [0.5, 0.6) is 0 Å². The second kappa shape index (κ2) is 8.68. The fourth-order valence-corrected chi connectivity index (χ4v) is 4.99. The van der Waals surface area contributed by atoms with Gasteiger partial charge in [0.15, 0.2) is 5.13 Å². The molecule has 0 aliphatic rings. The number of fused-ring (bicyclic) bond motifs is 1. The van der Waals surface area contributed by atoms with Crippen LogP contribution in [0.4, 0.5) is 10.8 Å². The largest absolute Gasteiger partial charge is 0.282 e. The van der Waals surface area contributed by atoms with Crippen molar-refractivity contribution in [2.45, 2.75) is 27.3 Å².